The zero-order valence-corrected chi connectivity index (χ0v) is 13.1. The number of aliphatic carboxylic acids is 1. The van der Waals surface area contributed by atoms with Gasteiger partial charge in [0.2, 0.25) is 5.91 Å². The van der Waals surface area contributed by atoms with Gasteiger partial charge in [-0.3, -0.25) is 9.59 Å². The molecule has 0 saturated carbocycles. The predicted molar refractivity (Wildman–Crippen MR) is 83.8 cm³/mol. The molecule has 0 bridgehead atoms. The summed E-state index contributed by atoms with van der Waals surface area (Å²) in [5.74, 6) is -1.48. The topological polar surface area (TPSA) is 95.5 Å². The smallest absolute Gasteiger partial charge is 0.329 e. The van der Waals surface area contributed by atoms with Crippen molar-refractivity contribution in [2.24, 2.45) is 0 Å². The van der Waals surface area contributed by atoms with Gasteiger partial charge in [0.05, 0.1) is 6.54 Å². The van der Waals surface area contributed by atoms with E-state index in [0.29, 0.717) is 24.3 Å². The van der Waals surface area contributed by atoms with Crippen LogP contribution in [0.1, 0.15) is 23.2 Å². The molecular weight excluding hydrogens is 323 g/mol. The van der Waals surface area contributed by atoms with Crippen LogP contribution in [0, 0.1) is 5.82 Å². The highest BCUT2D eigenvalue weighted by Gasteiger charge is 2.41. The molecule has 23 heavy (non-hydrogen) atoms. The van der Waals surface area contributed by atoms with E-state index in [1.54, 1.807) is 11.8 Å². The second-order valence-electron chi connectivity index (χ2n) is 5.24. The van der Waals surface area contributed by atoms with Gasteiger partial charge in [0.25, 0.3) is 5.91 Å². The monoisotopic (exact) mass is 340 g/mol. The molecule has 2 rings (SSSR count). The zero-order chi connectivity index (χ0) is 16.9. The molecule has 0 aromatic heterocycles. The van der Waals surface area contributed by atoms with Crippen LogP contribution >= 0.6 is 11.8 Å². The van der Waals surface area contributed by atoms with Gasteiger partial charge in [0.1, 0.15) is 11.4 Å². The SMILES string of the molecule is O=C(CNC(=O)c1cccc(F)c1)NC1(C(=O)O)CCSCC1. The van der Waals surface area contributed by atoms with E-state index in [-0.39, 0.29) is 12.1 Å². The van der Waals surface area contributed by atoms with Crippen molar-refractivity contribution in [3.63, 3.8) is 0 Å². The Kier molecular flexibility index (Phi) is 5.59. The van der Waals surface area contributed by atoms with Crippen molar-refractivity contribution in [1.29, 1.82) is 0 Å². The third kappa shape index (κ3) is 4.44. The molecule has 1 aliphatic rings. The number of nitrogens with one attached hydrogen (secondary N) is 2. The van der Waals surface area contributed by atoms with Gasteiger partial charge in [-0.05, 0) is 42.5 Å². The van der Waals surface area contributed by atoms with Gasteiger partial charge in [-0.15, -0.1) is 0 Å². The molecule has 1 aromatic carbocycles. The number of carboxylic acids is 1. The Labute approximate surface area is 136 Å². The lowest BCUT2D eigenvalue weighted by Crippen LogP contribution is -2.58. The van der Waals surface area contributed by atoms with E-state index in [1.807, 2.05) is 0 Å². The Morgan fingerprint density at radius 1 is 1.26 bits per heavy atom. The molecule has 3 N–H and O–H groups in total. The first-order valence-electron chi connectivity index (χ1n) is 7.09. The molecule has 6 nitrogen and oxygen atoms in total. The van der Waals surface area contributed by atoms with Crippen molar-refractivity contribution >= 4 is 29.5 Å². The van der Waals surface area contributed by atoms with Crippen LogP contribution in [0.4, 0.5) is 4.39 Å². The standard InChI is InChI=1S/C15H17FN2O4S/c16-11-3-1-2-10(8-11)13(20)17-9-12(19)18-15(14(21)22)4-6-23-7-5-15/h1-3,8H,4-7,9H2,(H,17,20)(H,18,19)(H,21,22). The number of hydrogen-bond donors (Lipinski definition) is 3. The van der Waals surface area contributed by atoms with Crippen LogP contribution in [-0.2, 0) is 9.59 Å². The quantitative estimate of drug-likeness (QED) is 0.744. The molecule has 0 unspecified atom stereocenters. The summed E-state index contributed by atoms with van der Waals surface area (Å²) < 4.78 is 13.0. The Morgan fingerprint density at radius 3 is 2.57 bits per heavy atom. The summed E-state index contributed by atoms with van der Waals surface area (Å²) >= 11 is 1.64. The van der Waals surface area contributed by atoms with E-state index in [2.05, 4.69) is 10.6 Å². The number of amides is 2. The highest BCUT2D eigenvalue weighted by Crippen LogP contribution is 2.27. The summed E-state index contributed by atoms with van der Waals surface area (Å²) in [6, 6.07) is 5.09. The molecule has 124 valence electrons. The molecule has 8 heteroatoms. The molecule has 1 aromatic rings. The molecule has 0 spiro atoms. The number of rotatable bonds is 5. The lowest BCUT2D eigenvalue weighted by Gasteiger charge is -2.33. The van der Waals surface area contributed by atoms with Crippen molar-refractivity contribution in [3.05, 3.63) is 35.6 Å². The van der Waals surface area contributed by atoms with Crippen LogP contribution in [0.2, 0.25) is 0 Å². The van der Waals surface area contributed by atoms with E-state index < -0.39 is 29.1 Å². The maximum atomic E-state index is 13.0. The minimum Gasteiger partial charge on any atom is -0.480 e. The van der Waals surface area contributed by atoms with Gasteiger partial charge in [0.15, 0.2) is 0 Å². The molecule has 0 radical (unpaired) electrons. The summed E-state index contributed by atoms with van der Waals surface area (Å²) in [6.45, 7) is -0.364. The molecule has 1 aliphatic heterocycles. The second kappa shape index (κ2) is 7.45. The first-order valence-corrected chi connectivity index (χ1v) is 8.24. The van der Waals surface area contributed by atoms with E-state index in [4.69, 9.17) is 0 Å². The third-order valence-electron chi connectivity index (χ3n) is 3.63. The summed E-state index contributed by atoms with van der Waals surface area (Å²) in [6.07, 6.45) is 0.688. The van der Waals surface area contributed by atoms with Gasteiger partial charge in [-0.25, -0.2) is 9.18 Å². The number of benzene rings is 1. The van der Waals surface area contributed by atoms with Crippen LogP contribution < -0.4 is 10.6 Å². The average Bonchev–Trinajstić information content (AvgIpc) is 2.53. The van der Waals surface area contributed by atoms with Gasteiger partial charge < -0.3 is 15.7 Å². The summed E-state index contributed by atoms with van der Waals surface area (Å²) in [5, 5.41) is 14.2. The number of halogens is 1. The molecule has 1 fully saturated rings. The lowest BCUT2D eigenvalue weighted by atomic mass is 9.92. The minimum atomic E-state index is -1.27. The van der Waals surface area contributed by atoms with Crippen LogP contribution in [0.5, 0.6) is 0 Å². The third-order valence-corrected chi connectivity index (χ3v) is 4.62. The molecule has 0 atom stereocenters. The van der Waals surface area contributed by atoms with Gasteiger partial charge in [0, 0.05) is 5.56 Å². The van der Waals surface area contributed by atoms with Crippen LogP contribution in [0.15, 0.2) is 24.3 Å². The number of carbonyl (C=O) groups excluding carboxylic acids is 2. The molecule has 0 aliphatic carbocycles. The number of thioether (sulfide) groups is 1. The van der Waals surface area contributed by atoms with Crippen molar-refractivity contribution in [1.82, 2.24) is 10.6 Å². The fourth-order valence-electron chi connectivity index (χ4n) is 2.32. The van der Waals surface area contributed by atoms with E-state index in [9.17, 15) is 23.9 Å². The number of carbonyl (C=O) groups is 3. The van der Waals surface area contributed by atoms with Gasteiger partial charge >= 0.3 is 5.97 Å². The van der Waals surface area contributed by atoms with Crippen molar-refractivity contribution in [2.45, 2.75) is 18.4 Å². The molecule has 2 amide bonds. The average molecular weight is 340 g/mol. The van der Waals surface area contributed by atoms with Crippen molar-refractivity contribution < 1.29 is 23.9 Å². The molecule has 1 heterocycles. The second-order valence-corrected chi connectivity index (χ2v) is 6.47. The first-order chi connectivity index (χ1) is 10.9. The molecular formula is C15H17FN2O4S. The highest BCUT2D eigenvalue weighted by atomic mass is 32.2. The van der Waals surface area contributed by atoms with Crippen LogP contribution in [0.3, 0.4) is 0 Å². The van der Waals surface area contributed by atoms with Gasteiger partial charge in [-0.1, -0.05) is 6.07 Å². The van der Waals surface area contributed by atoms with Crippen molar-refractivity contribution in [3.8, 4) is 0 Å². The Balaban J connectivity index is 1.91. The first kappa shape index (κ1) is 17.3. The summed E-state index contributed by atoms with van der Waals surface area (Å²) in [7, 11) is 0. The summed E-state index contributed by atoms with van der Waals surface area (Å²) in [5.41, 5.74) is -1.17. The maximum absolute atomic E-state index is 13.0. The normalized spacial score (nSPS) is 16.4. The fourth-order valence-corrected chi connectivity index (χ4v) is 3.51. The number of hydrogen-bond acceptors (Lipinski definition) is 4. The molecule has 1 saturated heterocycles. The van der Waals surface area contributed by atoms with E-state index >= 15 is 0 Å². The fraction of sp³-hybridized carbons (Fsp3) is 0.400. The van der Waals surface area contributed by atoms with E-state index in [0.717, 1.165) is 6.07 Å². The predicted octanol–water partition coefficient (Wildman–Crippen LogP) is 1.02. The maximum Gasteiger partial charge on any atom is 0.329 e. The Morgan fingerprint density at radius 2 is 1.96 bits per heavy atom. The van der Waals surface area contributed by atoms with Gasteiger partial charge in [-0.2, -0.15) is 11.8 Å². The number of carboxylic acid groups (broad SMARTS) is 1. The largest absolute Gasteiger partial charge is 0.480 e. The van der Waals surface area contributed by atoms with Crippen LogP contribution in [-0.4, -0.2) is 46.5 Å². The van der Waals surface area contributed by atoms with Crippen LogP contribution in [0.25, 0.3) is 0 Å². The minimum absolute atomic E-state index is 0.0971. The zero-order valence-electron chi connectivity index (χ0n) is 12.3. The summed E-state index contributed by atoms with van der Waals surface area (Å²) in [4.78, 5) is 35.2. The van der Waals surface area contributed by atoms with E-state index in [1.165, 1.54) is 18.2 Å². The Bertz CT molecular complexity index is 617. The van der Waals surface area contributed by atoms with Crippen molar-refractivity contribution in [2.75, 3.05) is 18.1 Å². The lowest BCUT2D eigenvalue weighted by molar-refractivity contribution is -0.147. The highest BCUT2D eigenvalue weighted by molar-refractivity contribution is 7.99. The Hall–Kier alpha value is -2.09.